The van der Waals surface area contributed by atoms with Gasteiger partial charge in [0.25, 0.3) is 0 Å². The monoisotopic (exact) mass is 300 g/mol. The van der Waals surface area contributed by atoms with Gasteiger partial charge in [-0.05, 0) is 44.1 Å². The van der Waals surface area contributed by atoms with Crippen LogP contribution in [0.3, 0.4) is 0 Å². The summed E-state index contributed by atoms with van der Waals surface area (Å²) >= 11 is 0. The molecule has 1 aromatic carbocycles. The Kier molecular flexibility index (Phi) is 6.12. The third kappa shape index (κ3) is 4.29. The third-order valence-corrected chi connectivity index (χ3v) is 4.36. The van der Waals surface area contributed by atoms with Gasteiger partial charge in [0.2, 0.25) is 10.0 Å². The predicted molar refractivity (Wildman–Crippen MR) is 76.5 cm³/mol. The first kappa shape index (κ1) is 16.6. The summed E-state index contributed by atoms with van der Waals surface area (Å²) in [4.78, 5) is 11.1. The Morgan fingerprint density at radius 2 is 2.00 bits per heavy atom. The Hall–Kier alpha value is -1.44. The number of carboxylic acid groups (broad SMARTS) is 1. The van der Waals surface area contributed by atoms with Gasteiger partial charge < -0.3 is 10.4 Å². The van der Waals surface area contributed by atoms with Gasteiger partial charge in [-0.1, -0.05) is 13.0 Å². The molecule has 0 saturated heterocycles. The number of rotatable bonds is 8. The summed E-state index contributed by atoms with van der Waals surface area (Å²) in [6.07, 6.45) is 1.20. The molecule has 0 spiro atoms. The van der Waals surface area contributed by atoms with Gasteiger partial charge in [0.1, 0.15) is 0 Å². The summed E-state index contributed by atoms with van der Waals surface area (Å²) < 4.78 is 26.5. The zero-order chi connectivity index (χ0) is 15.2. The normalized spacial score (nSPS) is 11.5. The topological polar surface area (TPSA) is 95.5 Å². The first-order chi connectivity index (χ1) is 9.42. The van der Waals surface area contributed by atoms with Crippen molar-refractivity contribution in [3.63, 3.8) is 0 Å². The molecule has 1 aromatic rings. The molecule has 7 heteroatoms. The van der Waals surface area contributed by atoms with Gasteiger partial charge >= 0.3 is 5.97 Å². The fraction of sp³-hybridized carbons (Fsp3) is 0.462. The lowest BCUT2D eigenvalue weighted by atomic mass is 10.1. The average molecular weight is 300 g/mol. The van der Waals surface area contributed by atoms with Crippen molar-refractivity contribution < 1.29 is 18.3 Å². The van der Waals surface area contributed by atoms with Crippen molar-refractivity contribution in [3.05, 3.63) is 29.3 Å². The Bertz CT molecular complexity index is 570. The standard InChI is InChI=1S/C13H20N2O4S/c1-3-10-5-6-11(9-12(10)13(16)17)20(18,19)15-8-4-7-14-2/h5-6,9,14-15H,3-4,7-8H2,1-2H3,(H,16,17). The van der Waals surface area contributed by atoms with Crippen LogP contribution in [-0.4, -0.2) is 39.6 Å². The Labute approximate surface area is 119 Å². The number of aromatic carboxylic acids is 1. The van der Waals surface area contributed by atoms with Gasteiger partial charge in [-0.25, -0.2) is 17.9 Å². The molecular formula is C13H20N2O4S. The number of sulfonamides is 1. The van der Waals surface area contributed by atoms with E-state index >= 15 is 0 Å². The summed E-state index contributed by atoms with van der Waals surface area (Å²) in [7, 11) is -1.87. The van der Waals surface area contributed by atoms with Crippen molar-refractivity contribution >= 4 is 16.0 Å². The highest BCUT2D eigenvalue weighted by Gasteiger charge is 2.17. The molecule has 0 atom stereocenters. The minimum atomic E-state index is -3.66. The van der Waals surface area contributed by atoms with Crippen LogP contribution in [0, 0.1) is 0 Å². The van der Waals surface area contributed by atoms with Crippen LogP contribution in [0.1, 0.15) is 29.3 Å². The van der Waals surface area contributed by atoms with Crippen LogP contribution in [0.4, 0.5) is 0 Å². The highest BCUT2D eigenvalue weighted by atomic mass is 32.2. The van der Waals surface area contributed by atoms with E-state index in [4.69, 9.17) is 5.11 Å². The molecule has 0 bridgehead atoms. The number of carbonyl (C=O) groups is 1. The molecule has 0 unspecified atom stereocenters. The fourth-order valence-electron chi connectivity index (χ4n) is 1.79. The molecule has 0 heterocycles. The summed E-state index contributed by atoms with van der Waals surface area (Å²) in [5, 5.41) is 12.0. The molecule has 0 aliphatic heterocycles. The van der Waals surface area contributed by atoms with Gasteiger partial charge in [-0.15, -0.1) is 0 Å². The van der Waals surface area contributed by atoms with Crippen LogP contribution >= 0.6 is 0 Å². The minimum Gasteiger partial charge on any atom is -0.478 e. The number of aryl methyl sites for hydroxylation is 1. The van der Waals surface area contributed by atoms with E-state index in [1.807, 2.05) is 6.92 Å². The van der Waals surface area contributed by atoms with Gasteiger partial charge in [0.05, 0.1) is 10.5 Å². The molecule has 0 fully saturated rings. The van der Waals surface area contributed by atoms with Crippen LogP contribution in [0.5, 0.6) is 0 Å². The van der Waals surface area contributed by atoms with Crippen molar-refractivity contribution in [1.82, 2.24) is 10.0 Å². The molecule has 112 valence electrons. The first-order valence-electron chi connectivity index (χ1n) is 6.43. The number of carboxylic acids is 1. The van der Waals surface area contributed by atoms with E-state index in [9.17, 15) is 13.2 Å². The van der Waals surface area contributed by atoms with Crippen LogP contribution in [-0.2, 0) is 16.4 Å². The molecular weight excluding hydrogens is 280 g/mol. The number of hydrogen-bond donors (Lipinski definition) is 3. The lowest BCUT2D eigenvalue weighted by molar-refractivity contribution is 0.0695. The van der Waals surface area contributed by atoms with Crippen LogP contribution < -0.4 is 10.0 Å². The number of hydrogen-bond acceptors (Lipinski definition) is 4. The van der Waals surface area contributed by atoms with E-state index < -0.39 is 16.0 Å². The summed E-state index contributed by atoms with van der Waals surface area (Å²) in [5.41, 5.74) is 0.650. The number of nitrogens with one attached hydrogen (secondary N) is 2. The van der Waals surface area contributed by atoms with E-state index in [0.717, 1.165) is 0 Å². The predicted octanol–water partition coefficient (Wildman–Crippen LogP) is 0.835. The van der Waals surface area contributed by atoms with Gasteiger partial charge in [0, 0.05) is 6.54 Å². The second kappa shape index (κ2) is 7.37. The Balaban J connectivity index is 2.95. The van der Waals surface area contributed by atoms with Crippen molar-refractivity contribution in [1.29, 1.82) is 0 Å². The maximum absolute atomic E-state index is 12.0. The summed E-state index contributed by atoms with van der Waals surface area (Å²) in [6, 6.07) is 4.19. The zero-order valence-electron chi connectivity index (χ0n) is 11.6. The van der Waals surface area contributed by atoms with Crippen molar-refractivity contribution in [2.75, 3.05) is 20.1 Å². The van der Waals surface area contributed by atoms with E-state index in [0.29, 0.717) is 31.5 Å². The van der Waals surface area contributed by atoms with E-state index in [1.54, 1.807) is 13.1 Å². The highest BCUT2D eigenvalue weighted by molar-refractivity contribution is 7.89. The lowest BCUT2D eigenvalue weighted by Gasteiger charge is -2.09. The smallest absolute Gasteiger partial charge is 0.336 e. The van der Waals surface area contributed by atoms with E-state index in [2.05, 4.69) is 10.0 Å². The molecule has 1 rings (SSSR count). The maximum Gasteiger partial charge on any atom is 0.336 e. The fourth-order valence-corrected chi connectivity index (χ4v) is 2.89. The van der Waals surface area contributed by atoms with Crippen LogP contribution in [0.15, 0.2) is 23.1 Å². The SMILES string of the molecule is CCc1ccc(S(=O)(=O)NCCCNC)cc1C(=O)O. The maximum atomic E-state index is 12.0. The van der Waals surface area contributed by atoms with E-state index in [1.165, 1.54) is 12.1 Å². The van der Waals surface area contributed by atoms with Crippen molar-refractivity contribution in [2.24, 2.45) is 0 Å². The molecule has 20 heavy (non-hydrogen) atoms. The molecule has 6 nitrogen and oxygen atoms in total. The second-order valence-corrected chi connectivity index (χ2v) is 6.10. The number of benzene rings is 1. The molecule has 0 aliphatic rings. The largest absolute Gasteiger partial charge is 0.478 e. The Morgan fingerprint density at radius 3 is 2.55 bits per heavy atom. The van der Waals surface area contributed by atoms with E-state index in [-0.39, 0.29) is 10.5 Å². The third-order valence-electron chi connectivity index (χ3n) is 2.90. The molecule has 0 aromatic heterocycles. The van der Waals surface area contributed by atoms with Crippen molar-refractivity contribution in [3.8, 4) is 0 Å². The molecule has 3 N–H and O–H groups in total. The Morgan fingerprint density at radius 1 is 1.30 bits per heavy atom. The quantitative estimate of drug-likeness (QED) is 0.618. The van der Waals surface area contributed by atoms with Crippen LogP contribution in [0.2, 0.25) is 0 Å². The first-order valence-corrected chi connectivity index (χ1v) is 7.91. The molecule has 0 aliphatic carbocycles. The highest BCUT2D eigenvalue weighted by Crippen LogP contribution is 2.17. The second-order valence-electron chi connectivity index (χ2n) is 4.33. The van der Waals surface area contributed by atoms with Gasteiger partial charge in [-0.3, -0.25) is 0 Å². The zero-order valence-corrected chi connectivity index (χ0v) is 12.5. The summed E-state index contributed by atoms with van der Waals surface area (Å²) in [5.74, 6) is -1.12. The van der Waals surface area contributed by atoms with Crippen molar-refractivity contribution in [2.45, 2.75) is 24.7 Å². The molecule has 0 amide bonds. The lowest BCUT2D eigenvalue weighted by Crippen LogP contribution is -2.27. The summed E-state index contributed by atoms with van der Waals surface area (Å²) in [6.45, 7) is 2.84. The van der Waals surface area contributed by atoms with Crippen LogP contribution in [0.25, 0.3) is 0 Å². The van der Waals surface area contributed by atoms with Gasteiger partial charge in [0.15, 0.2) is 0 Å². The molecule has 0 saturated carbocycles. The minimum absolute atomic E-state index is 0.0171. The molecule has 0 radical (unpaired) electrons. The van der Waals surface area contributed by atoms with Gasteiger partial charge in [-0.2, -0.15) is 0 Å². The average Bonchev–Trinajstić information content (AvgIpc) is 2.42.